The van der Waals surface area contributed by atoms with Gasteiger partial charge in [-0.1, -0.05) is 11.6 Å². The van der Waals surface area contributed by atoms with Crippen LogP contribution in [-0.4, -0.2) is 58.4 Å². The second kappa shape index (κ2) is 7.30. The summed E-state index contributed by atoms with van der Waals surface area (Å²) in [5, 5.41) is 0.422. The van der Waals surface area contributed by atoms with E-state index in [4.69, 9.17) is 21.1 Å². The summed E-state index contributed by atoms with van der Waals surface area (Å²) in [5.41, 5.74) is 0.449. The van der Waals surface area contributed by atoms with Gasteiger partial charge in [0.2, 0.25) is 5.91 Å². The molecule has 0 saturated carbocycles. The van der Waals surface area contributed by atoms with Crippen LogP contribution in [0.2, 0.25) is 5.02 Å². The molecular weight excluding hydrogens is 330 g/mol. The van der Waals surface area contributed by atoms with Crippen LogP contribution in [0.3, 0.4) is 0 Å². The maximum Gasteiger partial charge on any atom is 0.237 e. The Morgan fingerprint density at radius 1 is 1.36 bits per heavy atom. The molecule has 1 aliphatic rings. The summed E-state index contributed by atoms with van der Waals surface area (Å²) in [6.45, 7) is 1.73. The van der Waals surface area contributed by atoms with Gasteiger partial charge >= 0.3 is 0 Å². The van der Waals surface area contributed by atoms with Crippen molar-refractivity contribution in [1.82, 2.24) is 4.90 Å². The Kier molecular flexibility index (Phi) is 5.66. The van der Waals surface area contributed by atoms with Crippen molar-refractivity contribution in [2.45, 2.75) is 5.75 Å². The van der Waals surface area contributed by atoms with Gasteiger partial charge in [0, 0.05) is 23.7 Å². The molecule has 0 aromatic heterocycles. The van der Waals surface area contributed by atoms with E-state index >= 15 is 0 Å². The summed E-state index contributed by atoms with van der Waals surface area (Å²) < 4.78 is 34.8. The number of rotatable bonds is 5. The smallest absolute Gasteiger partial charge is 0.237 e. The van der Waals surface area contributed by atoms with E-state index in [2.05, 4.69) is 0 Å². The summed E-state index contributed by atoms with van der Waals surface area (Å²) in [4.78, 5) is 13.6. The second-order valence-electron chi connectivity index (χ2n) is 4.98. The van der Waals surface area contributed by atoms with Gasteiger partial charge in [0.05, 0.1) is 26.1 Å². The predicted molar refractivity (Wildman–Crippen MR) is 82.9 cm³/mol. The van der Waals surface area contributed by atoms with Crippen LogP contribution < -0.4 is 4.74 Å². The SMILES string of the molecule is COc1ccc(Cl)cc1CS(=O)(=O)CC(=O)N1CCOCC1. The molecule has 0 N–H and O–H groups in total. The van der Waals surface area contributed by atoms with Crippen LogP contribution in [0.15, 0.2) is 18.2 Å². The molecule has 0 atom stereocenters. The number of hydrogen-bond donors (Lipinski definition) is 0. The molecular formula is C14H18ClNO5S. The minimum absolute atomic E-state index is 0.285. The lowest BCUT2D eigenvalue weighted by molar-refractivity contribution is -0.132. The zero-order valence-electron chi connectivity index (χ0n) is 12.2. The standard InChI is InChI=1S/C14H18ClNO5S/c1-20-13-3-2-12(15)8-11(13)9-22(18,19)10-14(17)16-4-6-21-7-5-16/h2-3,8H,4-7,9-10H2,1H3. The molecule has 0 unspecified atom stereocenters. The Morgan fingerprint density at radius 3 is 2.68 bits per heavy atom. The van der Waals surface area contributed by atoms with E-state index in [1.54, 1.807) is 12.1 Å². The van der Waals surface area contributed by atoms with E-state index < -0.39 is 21.5 Å². The molecule has 122 valence electrons. The first-order valence-corrected chi connectivity index (χ1v) is 8.99. The van der Waals surface area contributed by atoms with Gasteiger partial charge in [0.25, 0.3) is 0 Å². The fourth-order valence-corrected chi connectivity index (χ4v) is 3.80. The van der Waals surface area contributed by atoms with Crippen molar-refractivity contribution >= 4 is 27.3 Å². The topological polar surface area (TPSA) is 72.9 Å². The number of nitrogens with zero attached hydrogens (tertiary/aromatic N) is 1. The fourth-order valence-electron chi connectivity index (χ4n) is 2.24. The van der Waals surface area contributed by atoms with E-state index in [1.165, 1.54) is 18.1 Å². The monoisotopic (exact) mass is 347 g/mol. The molecule has 22 heavy (non-hydrogen) atoms. The molecule has 0 aliphatic carbocycles. The number of carbonyl (C=O) groups is 1. The Bertz CT molecular complexity index is 641. The minimum Gasteiger partial charge on any atom is -0.496 e. The molecule has 0 spiro atoms. The van der Waals surface area contributed by atoms with Crippen molar-refractivity contribution in [1.29, 1.82) is 0 Å². The van der Waals surface area contributed by atoms with Crippen molar-refractivity contribution in [3.05, 3.63) is 28.8 Å². The fraction of sp³-hybridized carbons (Fsp3) is 0.500. The summed E-state index contributed by atoms with van der Waals surface area (Å²) in [5.74, 6) is -0.772. The number of carbonyl (C=O) groups excluding carboxylic acids is 1. The summed E-state index contributed by atoms with van der Waals surface area (Å²) >= 11 is 5.89. The summed E-state index contributed by atoms with van der Waals surface area (Å²) in [6, 6.07) is 4.77. The van der Waals surface area contributed by atoms with Crippen LogP contribution in [0.5, 0.6) is 5.75 Å². The first-order chi connectivity index (χ1) is 10.4. The van der Waals surface area contributed by atoms with Crippen LogP contribution >= 0.6 is 11.6 Å². The van der Waals surface area contributed by atoms with Crippen molar-refractivity contribution in [3.63, 3.8) is 0 Å². The van der Waals surface area contributed by atoms with Crippen molar-refractivity contribution in [2.24, 2.45) is 0 Å². The lowest BCUT2D eigenvalue weighted by Gasteiger charge is -2.26. The molecule has 0 bridgehead atoms. The van der Waals surface area contributed by atoms with Crippen LogP contribution in [-0.2, 0) is 25.1 Å². The molecule has 1 aliphatic heterocycles. The first kappa shape index (κ1) is 17.1. The van der Waals surface area contributed by atoms with Gasteiger partial charge in [-0.3, -0.25) is 4.79 Å². The molecule has 0 radical (unpaired) electrons. The third-order valence-corrected chi connectivity index (χ3v) is 5.00. The molecule has 1 fully saturated rings. The van der Waals surface area contributed by atoms with Gasteiger partial charge < -0.3 is 14.4 Å². The number of methoxy groups -OCH3 is 1. The van der Waals surface area contributed by atoms with Crippen LogP contribution in [0, 0.1) is 0 Å². The third kappa shape index (κ3) is 4.59. The maximum absolute atomic E-state index is 12.3. The first-order valence-electron chi connectivity index (χ1n) is 6.79. The number of hydrogen-bond acceptors (Lipinski definition) is 5. The molecule has 6 nitrogen and oxygen atoms in total. The van der Waals surface area contributed by atoms with Crippen molar-refractivity contribution in [2.75, 3.05) is 39.2 Å². The van der Waals surface area contributed by atoms with Gasteiger partial charge in [0.15, 0.2) is 9.84 Å². The summed E-state index contributed by atoms with van der Waals surface area (Å²) in [6.07, 6.45) is 0. The van der Waals surface area contributed by atoms with Gasteiger partial charge in [-0.15, -0.1) is 0 Å². The molecule has 1 aromatic rings. The zero-order valence-corrected chi connectivity index (χ0v) is 13.8. The minimum atomic E-state index is -3.60. The predicted octanol–water partition coefficient (Wildman–Crippen LogP) is 1.12. The van der Waals surface area contributed by atoms with E-state index in [9.17, 15) is 13.2 Å². The van der Waals surface area contributed by atoms with E-state index in [0.29, 0.717) is 42.6 Å². The van der Waals surface area contributed by atoms with Crippen molar-refractivity contribution < 1.29 is 22.7 Å². The average Bonchev–Trinajstić information content (AvgIpc) is 2.47. The number of morpholine rings is 1. The summed E-state index contributed by atoms with van der Waals surface area (Å²) in [7, 11) is -2.15. The molecule has 2 rings (SSSR count). The largest absolute Gasteiger partial charge is 0.496 e. The number of ether oxygens (including phenoxy) is 2. The van der Waals surface area contributed by atoms with E-state index in [1.807, 2.05) is 0 Å². The van der Waals surface area contributed by atoms with Gasteiger partial charge in [-0.05, 0) is 18.2 Å². The van der Waals surface area contributed by atoms with Gasteiger partial charge in [0.1, 0.15) is 11.5 Å². The highest BCUT2D eigenvalue weighted by molar-refractivity contribution is 7.91. The zero-order chi connectivity index (χ0) is 16.2. The van der Waals surface area contributed by atoms with Crippen LogP contribution in [0.1, 0.15) is 5.56 Å². The number of amides is 1. The maximum atomic E-state index is 12.3. The molecule has 1 amide bonds. The molecule has 1 aromatic carbocycles. The normalized spacial score (nSPS) is 15.6. The van der Waals surface area contributed by atoms with Crippen molar-refractivity contribution in [3.8, 4) is 5.75 Å². The highest BCUT2D eigenvalue weighted by Crippen LogP contribution is 2.24. The van der Waals surface area contributed by atoms with E-state index in [-0.39, 0.29) is 5.75 Å². The second-order valence-corrected chi connectivity index (χ2v) is 7.48. The van der Waals surface area contributed by atoms with Crippen LogP contribution in [0.4, 0.5) is 0 Å². The number of sulfone groups is 1. The van der Waals surface area contributed by atoms with Gasteiger partial charge in [-0.2, -0.15) is 0 Å². The highest BCUT2D eigenvalue weighted by atomic mass is 35.5. The quantitative estimate of drug-likeness (QED) is 0.798. The lowest BCUT2D eigenvalue weighted by atomic mass is 10.2. The molecule has 1 heterocycles. The lowest BCUT2D eigenvalue weighted by Crippen LogP contribution is -2.43. The Balaban J connectivity index is 2.07. The highest BCUT2D eigenvalue weighted by Gasteiger charge is 2.24. The molecule has 1 saturated heterocycles. The Hall–Kier alpha value is -1.31. The molecule has 8 heteroatoms. The Morgan fingerprint density at radius 2 is 2.05 bits per heavy atom. The third-order valence-electron chi connectivity index (χ3n) is 3.33. The van der Waals surface area contributed by atoms with Crippen LogP contribution in [0.25, 0.3) is 0 Å². The average molecular weight is 348 g/mol. The number of halogens is 1. The van der Waals surface area contributed by atoms with E-state index in [0.717, 1.165) is 0 Å². The van der Waals surface area contributed by atoms with Gasteiger partial charge in [-0.25, -0.2) is 8.42 Å². The number of benzene rings is 1. The Labute approximate surface area is 134 Å².